The Morgan fingerprint density at radius 2 is 2.10 bits per heavy atom. The fraction of sp³-hybridized carbons (Fsp3) is 0.875. The van der Waals surface area contributed by atoms with Crippen LogP contribution in [0.1, 0.15) is 51.4 Å². The molecular formula is C16H29N3O2. The van der Waals surface area contributed by atoms with Crippen LogP contribution in [0, 0.1) is 5.92 Å². The summed E-state index contributed by atoms with van der Waals surface area (Å²) in [6.45, 7) is 3.90. The Balaban J connectivity index is 1.64. The van der Waals surface area contributed by atoms with Crippen LogP contribution in [-0.2, 0) is 9.59 Å². The van der Waals surface area contributed by atoms with Crippen molar-refractivity contribution in [3.63, 3.8) is 0 Å². The predicted molar refractivity (Wildman–Crippen MR) is 82.9 cm³/mol. The number of nitrogens with one attached hydrogen (secondary N) is 2. The smallest absolute Gasteiger partial charge is 0.239 e. The number of hydrogen-bond donors (Lipinski definition) is 2. The van der Waals surface area contributed by atoms with Crippen molar-refractivity contribution in [1.29, 1.82) is 0 Å². The van der Waals surface area contributed by atoms with E-state index in [0.717, 1.165) is 51.9 Å². The second-order valence-corrected chi connectivity index (χ2v) is 6.33. The maximum Gasteiger partial charge on any atom is 0.239 e. The molecule has 5 heteroatoms. The van der Waals surface area contributed by atoms with Crippen molar-refractivity contribution in [1.82, 2.24) is 15.5 Å². The van der Waals surface area contributed by atoms with Crippen LogP contribution in [0.5, 0.6) is 0 Å². The number of carbonyl (C=O) groups excluding carboxylic acids is 2. The van der Waals surface area contributed by atoms with Crippen molar-refractivity contribution in [2.24, 2.45) is 5.92 Å². The Morgan fingerprint density at radius 3 is 2.90 bits per heavy atom. The summed E-state index contributed by atoms with van der Waals surface area (Å²) >= 11 is 0. The third-order valence-electron chi connectivity index (χ3n) is 4.53. The Labute approximate surface area is 127 Å². The molecule has 0 aromatic carbocycles. The summed E-state index contributed by atoms with van der Waals surface area (Å²) in [5.74, 6) is 0.816. The molecule has 5 nitrogen and oxygen atoms in total. The Kier molecular flexibility index (Phi) is 7.00. The lowest BCUT2D eigenvalue weighted by molar-refractivity contribution is -0.136. The summed E-state index contributed by atoms with van der Waals surface area (Å²) in [5, 5.41) is 6.36. The van der Waals surface area contributed by atoms with Crippen LogP contribution < -0.4 is 10.6 Å². The van der Waals surface area contributed by atoms with Crippen LogP contribution in [-0.4, -0.2) is 49.4 Å². The standard InChI is InChI=1S/C16H29N3O2/c20-15(18-10-8-14-6-5-9-17-12-14)13-19-11-4-2-1-3-7-16(19)21/h14,17H,1-13H2,(H,18,20). The van der Waals surface area contributed by atoms with Crippen LogP contribution in [0.25, 0.3) is 0 Å². The van der Waals surface area contributed by atoms with Crippen LogP contribution in [0.2, 0.25) is 0 Å². The molecule has 0 bridgehead atoms. The molecular weight excluding hydrogens is 266 g/mol. The molecule has 0 radical (unpaired) electrons. The van der Waals surface area contributed by atoms with E-state index in [0.29, 0.717) is 12.3 Å². The molecule has 2 rings (SSSR count). The highest BCUT2D eigenvalue weighted by Crippen LogP contribution is 2.13. The van der Waals surface area contributed by atoms with Crippen molar-refractivity contribution in [3.05, 3.63) is 0 Å². The van der Waals surface area contributed by atoms with Crippen molar-refractivity contribution in [3.8, 4) is 0 Å². The molecule has 0 aromatic heterocycles. The monoisotopic (exact) mass is 295 g/mol. The minimum Gasteiger partial charge on any atom is -0.355 e. The van der Waals surface area contributed by atoms with Crippen molar-refractivity contribution < 1.29 is 9.59 Å². The van der Waals surface area contributed by atoms with E-state index < -0.39 is 0 Å². The van der Waals surface area contributed by atoms with Gasteiger partial charge in [0.1, 0.15) is 0 Å². The van der Waals surface area contributed by atoms with Gasteiger partial charge < -0.3 is 15.5 Å². The SMILES string of the molecule is O=C(CN1CCCCCCC1=O)NCCC1CCCNC1. The van der Waals surface area contributed by atoms with E-state index in [1.165, 1.54) is 19.3 Å². The fourth-order valence-corrected chi connectivity index (χ4v) is 3.20. The zero-order valence-electron chi connectivity index (χ0n) is 13.0. The van der Waals surface area contributed by atoms with Gasteiger partial charge >= 0.3 is 0 Å². The second-order valence-electron chi connectivity index (χ2n) is 6.33. The number of amides is 2. The van der Waals surface area contributed by atoms with Gasteiger partial charge in [-0.15, -0.1) is 0 Å². The van der Waals surface area contributed by atoms with Gasteiger partial charge in [0.05, 0.1) is 6.54 Å². The van der Waals surface area contributed by atoms with Gasteiger partial charge in [-0.1, -0.05) is 12.8 Å². The molecule has 2 N–H and O–H groups in total. The van der Waals surface area contributed by atoms with E-state index in [2.05, 4.69) is 10.6 Å². The van der Waals surface area contributed by atoms with Gasteiger partial charge in [-0.3, -0.25) is 9.59 Å². The molecule has 0 spiro atoms. The van der Waals surface area contributed by atoms with Crippen LogP contribution in [0.4, 0.5) is 0 Å². The summed E-state index contributed by atoms with van der Waals surface area (Å²) in [4.78, 5) is 25.7. The average Bonchev–Trinajstić information content (AvgIpc) is 2.48. The zero-order valence-corrected chi connectivity index (χ0v) is 13.0. The normalized spacial score (nSPS) is 24.3. The summed E-state index contributed by atoms with van der Waals surface area (Å²) in [6, 6.07) is 0. The topological polar surface area (TPSA) is 61.4 Å². The molecule has 1 unspecified atom stereocenters. The summed E-state index contributed by atoms with van der Waals surface area (Å²) in [7, 11) is 0. The molecule has 2 amide bonds. The lowest BCUT2D eigenvalue weighted by atomic mass is 9.96. The molecule has 0 saturated carbocycles. The van der Waals surface area contributed by atoms with E-state index in [1.807, 2.05) is 0 Å². The Bertz CT molecular complexity index is 340. The van der Waals surface area contributed by atoms with Gasteiger partial charge in [0.15, 0.2) is 0 Å². The molecule has 2 fully saturated rings. The second kappa shape index (κ2) is 9.03. The Hall–Kier alpha value is -1.10. The van der Waals surface area contributed by atoms with Gasteiger partial charge in [-0.05, 0) is 51.1 Å². The van der Waals surface area contributed by atoms with E-state index >= 15 is 0 Å². The number of nitrogens with zero attached hydrogens (tertiary/aromatic N) is 1. The first-order valence-electron chi connectivity index (χ1n) is 8.51. The first-order chi connectivity index (χ1) is 10.3. The first kappa shape index (κ1) is 16.3. The number of piperidine rings is 1. The predicted octanol–water partition coefficient (Wildman–Crippen LogP) is 1.29. The first-order valence-corrected chi connectivity index (χ1v) is 8.51. The third kappa shape index (κ3) is 6.04. The lowest BCUT2D eigenvalue weighted by Crippen LogP contribution is -2.42. The summed E-state index contributed by atoms with van der Waals surface area (Å²) < 4.78 is 0. The Morgan fingerprint density at radius 1 is 1.24 bits per heavy atom. The molecule has 0 aliphatic carbocycles. The summed E-state index contributed by atoms with van der Waals surface area (Å²) in [6.07, 6.45) is 8.42. The van der Waals surface area contributed by atoms with Crippen LogP contribution in [0.15, 0.2) is 0 Å². The molecule has 2 saturated heterocycles. The number of hydrogen-bond acceptors (Lipinski definition) is 3. The molecule has 21 heavy (non-hydrogen) atoms. The molecule has 0 aromatic rings. The van der Waals surface area contributed by atoms with Crippen LogP contribution in [0.3, 0.4) is 0 Å². The third-order valence-corrected chi connectivity index (χ3v) is 4.53. The van der Waals surface area contributed by atoms with Gasteiger partial charge in [-0.25, -0.2) is 0 Å². The van der Waals surface area contributed by atoms with Crippen molar-refractivity contribution in [2.45, 2.75) is 51.4 Å². The highest BCUT2D eigenvalue weighted by molar-refractivity contribution is 5.84. The highest BCUT2D eigenvalue weighted by atomic mass is 16.2. The molecule has 1 atom stereocenters. The number of rotatable bonds is 5. The van der Waals surface area contributed by atoms with E-state index in [-0.39, 0.29) is 18.4 Å². The zero-order chi connectivity index (χ0) is 14.9. The van der Waals surface area contributed by atoms with E-state index in [1.54, 1.807) is 4.90 Å². The van der Waals surface area contributed by atoms with Gasteiger partial charge in [0.2, 0.25) is 11.8 Å². The van der Waals surface area contributed by atoms with E-state index in [9.17, 15) is 9.59 Å². The maximum absolute atomic E-state index is 12.0. The van der Waals surface area contributed by atoms with Crippen molar-refractivity contribution in [2.75, 3.05) is 32.7 Å². The number of carbonyl (C=O) groups is 2. The maximum atomic E-state index is 12.0. The number of likely N-dealkylation sites (tertiary alicyclic amines) is 1. The molecule has 2 aliphatic rings. The molecule has 120 valence electrons. The molecule has 2 aliphatic heterocycles. The van der Waals surface area contributed by atoms with Crippen LogP contribution >= 0.6 is 0 Å². The van der Waals surface area contributed by atoms with Gasteiger partial charge in [0.25, 0.3) is 0 Å². The lowest BCUT2D eigenvalue weighted by Gasteiger charge is -2.25. The summed E-state index contributed by atoms with van der Waals surface area (Å²) in [5.41, 5.74) is 0. The minimum atomic E-state index is -0.00677. The van der Waals surface area contributed by atoms with Gasteiger partial charge in [0, 0.05) is 19.5 Å². The molecule has 2 heterocycles. The van der Waals surface area contributed by atoms with Crippen molar-refractivity contribution >= 4 is 11.8 Å². The van der Waals surface area contributed by atoms with E-state index in [4.69, 9.17) is 0 Å². The fourth-order valence-electron chi connectivity index (χ4n) is 3.20. The largest absolute Gasteiger partial charge is 0.355 e. The minimum absolute atomic E-state index is 0.00677. The highest BCUT2D eigenvalue weighted by Gasteiger charge is 2.18. The quantitative estimate of drug-likeness (QED) is 0.803. The van der Waals surface area contributed by atoms with Gasteiger partial charge in [-0.2, -0.15) is 0 Å². The average molecular weight is 295 g/mol.